The first-order valence-corrected chi connectivity index (χ1v) is 8.68. The Morgan fingerprint density at radius 1 is 1.15 bits per heavy atom. The molecular formula is C19H22N4O4. The van der Waals surface area contributed by atoms with Gasteiger partial charge in [0, 0.05) is 25.2 Å². The first kappa shape index (κ1) is 18.8. The number of ether oxygens (including phenoxy) is 2. The van der Waals surface area contributed by atoms with Crippen LogP contribution in [-0.4, -0.2) is 57.4 Å². The minimum Gasteiger partial charge on any atom is -0.487 e. The zero-order valence-corrected chi connectivity index (χ0v) is 14.9. The van der Waals surface area contributed by atoms with E-state index in [0.29, 0.717) is 6.61 Å². The molecular weight excluding hydrogens is 348 g/mol. The molecule has 27 heavy (non-hydrogen) atoms. The van der Waals surface area contributed by atoms with Crippen molar-refractivity contribution in [3.63, 3.8) is 0 Å². The highest BCUT2D eigenvalue weighted by Gasteiger charge is 2.13. The van der Waals surface area contributed by atoms with E-state index in [2.05, 4.69) is 27.1 Å². The molecule has 0 aliphatic carbocycles. The Balaban J connectivity index is 0.000000659. The highest BCUT2D eigenvalue weighted by molar-refractivity contribution is 5.38. The summed E-state index contributed by atoms with van der Waals surface area (Å²) in [5.74, 6) is 0.918. The molecule has 1 N–H and O–H groups in total. The maximum absolute atomic E-state index is 8.36. The summed E-state index contributed by atoms with van der Waals surface area (Å²) < 4.78 is 13.3. The molecule has 0 bridgehead atoms. The Morgan fingerprint density at radius 3 is 2.74 bits per heavy atom. The van der Waals surface area contributed by atoms with Crippen molar-refractivity contribution >= 4 is 12.1 Å². The SMILES string of the molecule is O=CO.c1ccc(OCc2cccc3ncnn23)c(CN2CCOCC2)c1. The van der Waals surface area contributed by atoms with Gasteiger partial charge in [0.05, 0.1) is 18.9 Å². The molecule has 1 aliphatic rings. The summed E-state index contributed by atoms with van der Waals surface area (Å²) in [7, 11) is 0. The van der Waals surface area contributed by atoms with Crippen molar-refractivity contribution in [2.45, 2.75) is 13.2 Å². The fourth-order valence-corrected chi connectivity index (χ4v) is 2.94. The normalized spacial score (nSPS) is 14.4. The van der Waals surface area contributed by atoms with Crippen molar-refractivity contribution in [1.82, 2.24) is 19.5 Å². The number of rotatable bonds is 5. The van der Waals surface area contributed by atoms with E-state index in [1.165, 1.54) is 5.56 Å². The molecule has 8 heteroatoms. The Hall–Kier alpha value is -2.97. The smallest absolute Gasteiger partial charge is 0.290 e. The molecule has 3 aromatic rings. The molecule has 0 radical (unpaired) electrons. The second-order valence-electron chi connectivity index (χ2n) is 5.94. The Bertz CT molecular complexity index is 862. The average Bonchev–Trinajstić information content (AvgIpc) is 3.18. The predicted molar refractivity (Wildman–Crippen MR) is 98.5 cm³/mol. The molecule has 1 aromatic carbocycles. The van der Waals surface area contributed by atoms with Gasteiger partial charge >= 0.3 is 0 Å². The number of carbonyl (C=O) groups is 1. The molecule has 0 spiro atoms. The van der Waals surface area contributed by atoms with Gasteiger partial charge in [-0.15, -0.1) is 0 Å². The van der Waals surface area contributed by atoms with Crippen LogP contribution in [0.4, 0.5) is 0 Å². The van der Waals surface area contributed by atoms with Crippen LogP contribution in [0, 0.1) is 0 Å². The molecule has 1 saturated heterocycles. The molecule has 1 fully saturated rings. The first-order valence-electron chi connectivity index (χ1n) is 8.68. The lowest BCUT2D eigenvalue weighted by Crippen LogP contribution is -2.35. The van der Waals surface area contributed by atoms with Gasteiger partial charge in [-0.2, -0.15) is 5.10 Å². The molecule has 1 aliphatic heterocycles. The van der Waals surface area contributed by atoms with E-state index in [0.717, 1.165) is 49.9 Å². The molecule has 0 atom stereocenters. The maximum Gasteiger partial charge on any atom is 0.290 e. The van der Waals surface area contributed by atoms with E-state index in [-0.39, 0.29) is 6.47 Å². The largest absolute Gasteiger partial charge is 0.487 e. The predicted octanol–water partition coefficient (Wildman–Crippen LogP) is 1.84. The van der Waals surface area contributed by atoms with Crippen LogP contribution in [0.5, 0.6) is 5.75 Å². The lowest BCUT2D eigenvalue weighted by Gasteiger charge is -2.27. The van der Waals surface area contributed by atoms with Crippen LogP contribution in [0.15, 0.2) is 48.8 Å². The number of pyridine rings is 1. The summed E-state index contributed by atoms with van der Waals surface area (Å²) in [4.78, 5) is 15.0. The van der Waals surface area contributed by atoms with Crippen molar-refractivity contribution in [1.29, 1.82) is 0 Å². The van der Waals surface area contributed by atoms with Crippen molar-refractivity contribution in [3.05, 3.63) is 60.0 Å². The van der Waals surface area contributed by atoms with Gasteiger partial charge in [0.25, 0.3) is 6.47 Å². The summed E-state index contributed by atoms with van der Waals surface area (Å²) in [6, 6.07) is 14.1. The molecule has 8 nitrogen and oxygen atoms in total. The lowest BCUT2D eigenvalue weighted by molar-refractivity contribution is -0.122. The standard InChI is InChI=1S/C18H20N4O2.CH2O2/c1-2-6-17(15(4-1)12-21-8-10-23-11-9-21)24-13-16-5-3-7-18-19-14-20-22(16)18;2-1-3/h1-7,14H,8-13H2;1H,(H,2,3). The number of aromatic nitrogens is 3. The van der Waals surface area contributed by atoms with E-state index in [1.807, 2.05) is 34.8 Å². The number of hydrogen-bond donors (Lipinski definition) is 1. The van der Waals surface area contributed by atoms with E-state index in [1.54, 1.807) is 6.33 Å². The van der Waals surface area contributed by atoms with Gasteiger partial charge in [-0.25, -0.2) is 9.50 Å². The molecule has 142 valence electrons. The summed E-state index contributed by atoms with van der Waals surface area (Å²) in [5, 5.41) is 11.1. The van der Waals surface area contributed by atoms with Gasteiger partial charge in [0.1, 0.15) is 18.7 Å². The number of nitrogens with zero attached hydrogens (tertiary/aromatic N) is 4. The van der Waals surface area contributed by atoms with Gasteiger partial charge in [0.2, 0.25) is 0 Å². The third-order valence-electron chi connectivity index (χ3n) is 4.23. The molecule has 2 aromatic heterocycles. The average molecular weight is 370 g/mol. The second kappa shape index (κ2) is 9.65. The Morgan fingerprint density at radius 2 is 1.93 bits per heavy atom. The van der Waals surface area contributed by atoms with Gasteiger partial charge < -0.3 is 14.6 Å². The molecule has 0 saturated carbocycles. The zero-order valence-electron chi connectivity index (χ0n) is 14.9. The number of benzene rings is 1. The van der Waals surface area contributed by atoms with Crippen LogP contribution in [0.25, 0.3) is 5.65 Å². The topological polar surface area (TPSA) is 89.2 Å². The minimum absolute atomic E-state index is 0.250. The van der Waals surface area contributed by atoms with Crippen LogP contribution in [-0.2, 0) is 22.7 Å². The summed E-state index contributed by atoms with van der Waals surface area (Å²) in [6.45, 7) is 4.63. The van der Waals surface area contributed by atoms with Crippen LogP contribution < -0.4 is 4.74 Å². The first-order chi connectivity index (χ1) is 13.3. The molecule has 3 heterocycles. The van der Waals surface area contributed by atoms with Gasteiger partial charge in [-0.05, 0) is 18.2 Å². The second-order valence-corrected chi connectivity index (χ2v) is 5.94. The van der Waals surface area contributed by atoms with Crippen LogP contribution >= 0.6 is 0 Å². The fraction of sp³-hybridized carbons (Fsp3) is 0.316. The number of morpholine rings is 1. The Labute approximate surface area is 157 Å². The van der Waals surface area contributed by atoms with Crippen molar-refractivity contribution in [2.75, 3.05) is 26.3 Å². The molecule has 0 unspecified atom stereocenters. The summed E-state index contributed by atoms with van der Waals surface area (Å²) >= 11 is 0. The zero-order chi connectivity index (χ0) is 18.9. The third kappa shape index (κ3) is 5.02. The number of fused-ring (bicyclic) bond motifs is 1. The highest BCUT2D eigenvalue weighted by atomic mass is 16.5. The molecule has 4 rings (SSSR count). The molecule has 0 amide bonds. The van der Waals surface area contributed by atoms with E-state index < -0.39 is 0 Å². The summed E-state index contributed by atoms with van der Waals surface area (Å²) in [6.07, 6.45) is 1.56. The number of para-hydroxylation sites is 1. The van der Waals surface area contributed by atoms with Crippen LogP contribution in [0.3, 0.4) is 0 Å². The van der Waals surface area contributed by atoms with Crippen molar-refractivity contribution in [2.24, 2.45) is 0 Å². The highest BCUT2D eigenvalue weighted by Crippen LogP contribution is 2.21. The van der Waals surface area contributed by atoms with Crippen molar-refractivity contribution in [3.8, 4) is 5.75 Å². The minimum atomic E-state index is -0.250. The number of hydrogen-bond acceptors (Lipinski definition) is 6. The summed E-state index contributed by atoms with van der Waals surface area (Å²) in [5.41, 5.74) is 3.01. The van der Waals surface area contributed by atoms with E-state index >= 15 is 0 Å². The quantitative estimate of drug-likeness (QED) is 0.686. The van der Waals surface area contributed by atoms with Gasteiger partial charge in [-0.1, -0.05) is 24.3 Å². The van der Waals surface area contributed by atoms with Gasteiger partial charge in [0.15, 0.2) is 5.65 Å². The van der Waals surface area contributed by atoms with Crippen LogP contribution in [0.2, 0.25) is 0 Å². The van der Waals surface area contributed by atoms with Crippen LogP contribution in [0.1, 0.15) is 11.3 Å². The third-order valence-corrected chi connectivity index (χ3v) is 4.23. The van der Waals surface area contributed by atoms with E-state index in [9.17, 15) is 0 Å². The monoisotopic (exact) mass is 370 g/mol. The van der Waals surface area contributed by atoms with Gasteiger partial charge in [-0.3, -0.25) is 9.69 Å². The van der Waals surface area contributed by atoms with Crippen molar-refractivity contribution < 1.29 is 19.4 Å². The lowest BCUT2D eigenvalue weighted by atomic mass is 10.2. The van der Waals surface area contributed by atoms with E-state index in [4.69, 9.17) is 19.4 Å². The Kier molecular flexibility index (Phi) is 6.72. The fourth-order valence-electron chi connectivity index (χ4n) is 2.94. The maximum atomic E-state index is 8.36. The number of carboxylic acid groups (broad SMARTS) is 1.